The van der Waals surface area contributed by atoms with Gasteiger partial charge >= 0.3 is 0 Å². The average Bonchev–Trinajstić information content (AvgIpc) is 2.99. The van der Waals surface area contributed by atoms with Crippen LogP contribution in [0.2, 0.25) is 0 Å². The van der Waals surface area contributed by atoms with E-state index in [9.17, 15) is 20.1 Å². The molecule has 0 aromatic rings. The van der Waals surface area contributed by atoms with E-state index in [0.717, 1.165) is 56.7 Å². The number of aliphatic hydroxyl groups is 3. The molecule has 0 aromatic carbocycles. The number of rotatable bonds is 12. The zero-order valence-corrected chi connectivity index (χ0v) is 24.0. The summed E-state index contributed by atoms with van der Waals surface area (Å²) in [5, 5.41) is 34.3. The molecule has 1 heterocycles. The molecule has 0 spiro atoms. The summed E-state index contributed by atoms with van der Waals surface area (Å²) in [7, 11) is 0. The molecule has 4 N–H and O–H groups in total. The van der Waals surface area contributed by atoms with E-state index < -0.39 is 29.8 Å². The van der Waals surface area contributed by atoms with Crippen LogP contribution in [-0.4, -0.2) is 82.3 Å². The molecule has 4 aliphatic carbocycles. The highest BCUT2D eigenvalue weighted by atomic mass is 16.5. The van der Waals surface area contributed by atoms with E-state index in [4.69, 9.17) is 4.74 Å². The molecule has 37 heavy (non-hydrogen) atoms. The summed E-state index contributed by atoms with van der Waals surface area (Å²) < 4.78 is 6.22. The SMILES string of the molecule is CC(C)(C)CC(C)(C)NC(=O)[C@H]1[C@H](O)[C@@H](O)[C@H](CO)N1CCCCCOCC12CC3CC(CC(C3)C1)C2. The van der Waals surface area contributed by atoms with Crippen LogP contribution < -0.4 is 5.32 Å². The van der Waals surface area contributed by atoms with E-state index in [1.807, 2.05) is 18.7 Å². The molecule has 7 nitrogen and oxygen atoms in total. The minimum absolute atomic E-state index is 0.0374. The second-order valence-corrected chi connectivity index (χ2v) is 15.1. The number of likely N-dealkylation sites (tertiary alicyclic amines) is 1. The standard InChI is InChI=1S/C30H54N2O5/c1-28(2,3)18-29(4,5)31-27(36)24-26(35)25(34)23(17-33)32(24)9-7-6-8-10-37-19-30-14-20-11-21(15-30)13-22(12-20)16-30/h20-26,33-35H,6-19H2,1-5H3,(H,31,36)/t20?,21?,22?,23-,24+,25-,26-,30?/m0/s1. The normalized spacial score (nSPS) is 37.9. The Labute approximate surface area is 224 Å². The van der Waals surface area contributed by atoms with Crippen molar-refractivity contribution >= 4 is 5.91 Å². The Hall–Kier alpha value is -0.730. The molecule has 4 bridgehead atoms. The summed E-state index contributed by atoms with van der Waals surface area (Å²) in [6, 6.07) is -1.50. The van der Waals surface area contributed by atoms with Crippen LogP contribution in [-0.2, 0) is 9.53 Å². The van der Waals surface area contributed by atoms with Crippen molar-refractivity contribution in [1.29, 1.82) is 0 Å². The Morgan fingerprint density at radius 1 is 0.946 bits per heavy atom. The number of nitrogens with one attached hydrogen (secondary N) is 1. The maximum atomic E-state index is 13.3. The molecule has 214 valence electrons. The highest BCUT2D eigenvalue weighted by Gasteiger charge is 2.52. The van der Waals surface area contributed by atoms with Crippen molar-refractivity contribution < 1.29 is 24.9 Å². The molecule has 5 fully saturated rings. The number of carbonyl (C=O) groups excluding carboxylic acids is 1. The van der Waals surface area contributed by atoms with Gasteiger partial charge in [0, 0.05) is 12.1 Å². The smallest absolute Gasteiger partial charge is 0.240 e. The number of aliphatic hydroxyl groups excluding tert-OH is 3. The van der Waals surface area contributed by atoms with Crippen molar-refractivity contribution in [2.75, 3.05) is 26.4 Å². The topological polar surface area (TPSA) is 102 Å². The summed E-state index contributed by atoms with van der Waals surface area (Å²) >= 11 is 0. The van der Waals surface area contributed by atoms with E-state index in [2.05, 4.69) is 26.1 Å². The number of hydrogen-bond acceptors (Lipinski definition) is 6. The molecule has 0 unspecified atom stereocenters. The maximum Gasteiger partial charge on any atom is 0.240 e. The van der Waals surface area contributed by atoms with Crippen molar-refractivity contribution in [3.63, 3.8) is 0 Å². The molecule has 0 aromatic heterocycles. The quantitative estimate of drug-likeness (QED) is 0.293. The van der Waals surface area contributed by atoms with Gasteiger partial charge in [0.1, 0.15) is 12.1 Å². The Morgan fingerprint density at radius 2 is 1.54 bits per heavy atom. The minimum Gasteiger partial charge on any atom is -0.395 e. The van der Waals surface area contributed by atoms with Crippen LogP contribution >= 0.6 is 0 Å². The number of carbonyl (C=O) groups is 1. The molecule has 5 rings (SSSR count). The highest BCUT2D eigenvalue weighted by molar-refractivity contribution is 5.83. The van der Waals surface area contributed by atoms with E-state index in [1.54, 1.807) is 0 Å². The fourth-order valence-corrected chi connectivity index (χ4v) is 9.04. The zero-order valence-electron chi connectivity index (χ0n) is 24.0. The summed E-state index contributed by atoms with van der Waals surface area (Å²) in [6.45, 7) is 12.3. The lowest BCUT2D eigenvalue weighted by Gasteiger charge is -2.56. The van der Waals surface area contributed by atoms with Gasteiger partial charge in [-0.2, -0.15) is 0 Å². The van der Waals surface area contributed by atoms with Gasteiger partial charge in [0.05, 0.1) is 25.4 Å². The van der Waals surface area contributed by atoms with Crippen LogP contribution in [0.5, 0.6) is 0 Å². The summed E-state index contributed by atoms with van der Waals surface area (Å²) in [5.41, 5.74) is 0.0406. The monoisotopic (exact) mass is 522 g/mol. The number of hydrogen-bond donors (Lipinski definition) is 4. The Balaban J connectivity index is 1.22. The third-order valence-corrected chi connectivity index (χ3v) is 9.52. The van der Waals surface area contributed by atoms with Gasteiger partial charge in [0.15, 0.2) is 0 Å². The van der Waals surface area contributed by atoms with Gasteiger partial charge in [-0.05, 0) is 113 Å². The molecule has 7 heteroatoms. The second kappa shape index (κ2) is 11.4. The first-order valence-electron chi connectivity index (χ1n) is 14.9. The van der Waals surface area contributed by atoms with Gasteiger partial charge in [-0.1, -0.05) is 20.8 Å². The molecule has 4 saturated carbocycles. The molecule has 0 radical (unpaired) electrons. The fraction of sp³-hybridized carbons (Fsp3) is 0.967. The van der Waals surface area contributed by atoms with Crippen LogP contribution in [0.1, 0.15) is 98.8 Å². The maximum absolute atomic E-state index is 13.3. The van der Waals surface area contributed by atoms with Crippen LogP contribution in [0.15, 0.2) is 0 Å². The van der Waals surface area contributed by atoms with Crippen molar-refractivity contribution in [1.82, 2.24) is 10.2 Å². The van der Waals surface area contributed by atoms with Gasteiger partial charge in [0.2, 0.25) is 5.91 Å². The lowest BCUT2D eigenvalue weighted by molar-refractivity contribution is -0.131. The summed E-state index contributed by atoms with van der Waals surface area (Å²) in [5.74, 6) is 2.56. The Morgan fingerprint density at radius 3 is 2.08 bits per heavy atom. The van der Waals surface area contributed by atoms with Gasteiger partial charge in [-0.25, -0.2) is 0 Å². The lowest BCUT2D eigenvalue weighted by atomic mass is 9.50. The lowest BCUT2D eigenvalue weighted by Crippen LogP contribution is -2.56. The minimum atomic E-state index is -1.22. The Kier molecular flexibility index (Phi) is 9.02. The third kappa shape index (κ3) is 7.08. The van der Waals surface area contributed by atoms with E-state index in [1.165, 1.54) is 38.5 Å². The first-order chi connectivity index (χ1) is 17.3. The summed E-state index contributed by atoms with van der Waals surface area (Å²) in [6.07, 6.45) is 9.65. The van der Waals surface area contributed by atoms with Gasteiger partial charge in [-0.3, -0.25) is 9.69 Å². The van der Waals surface area contributed by atoms with Crippen molar-refractivity contribution in [3.8, 4) is 0 Å². The van der Waals surface area contributed by atoms with E-state index >= 15 is 0 Å². The van der Waals surface area contributed by atoms with Crippen molar-refractivity contribution in [2.24, 2.45) is 28.6 Å². The largest absolute Gasteiger partial charge is 0.395 e. The number of nitrogens with zero attached hydrogens (tertiary/aromatic N) is 1. The second-order valence-electron chi connectivity index (χ2n) is 15.1. The molecular formula is C30H54N2O5. The van der Waals surface area contributed by atoms with E-state index in [-0.39, 0.29) is 17.9 Å². The molecule has 4 atom stereocenters. The zero-order chi connectivity index (χ0) is 27.0. The van der Waals surface area contributed by atoms with Crippen molar-refractivity contribution in [2.45, 2.75) is 129 Å². The van der Waals surface area contributed by atoms with Crippen molar-refractivity contribution in [3.05, 3.63) is 0 Å². The molecule has 1 amide bonds. The van der Waals surface area contributed by atoms with Crippen LogP contribution in [0, 0.1) is 28.6 Å². The Bertz CT molecular complexity index is 743. The van der Waals surface area contributed by atoms with E-state index in [0.29, 0.717) is 12.0 Å². The first-order valence-corrected chi connectivity index (χ1v) is 14.9. The first kappa shape index (κ1) is 29.3. The predicted molar refractivity (Wildman–Crippen MR) is 145 cm³/mol. The number of ether oxygens (including phenoxy) is 1. The van der Waals surface area contributed by atoms with Crippen LogP contribution in [0.3, 0.4) is 0 Å². The van der Waals surface area contributed by atoms with Gasteiger partial charge < -0.3 is 25.4 Å². The number of unbranched alkanes of at least 4 members (excludes halogenated alkanes) is 2. The summed E-state index contributed by atoms with van der Waals surface area (Å²) in [4.78, 5) is 15.1. The number of amides is 1. The van der Waals surface area contributed by atoms with Crippen LogP contribution in [0.4, 0.5) is 0 Å². The van der Waals surface area contributed by atoms with Gasteiger partial charge in [-0.15, -0.1) is 0 Å². The fourth-order valence-electron chi connectivity index (χ4n) is 9.04. The third-order valence-electron chi connectivity index (χ3n) is 9.52. The highest BCUT2D eigenvalue weighted by Crippen LogP contribution is 2.60. The molecule has 1 saturated heterocycles. The van der Waals surface area contributed by atoms with Gasteiger partial charge in [0.25, 0.3) is 0 Å². The molecule has 5 aliphatic rings. The predicted octanol–water partition coefficient (Wildman–Crippen LogP) is 3.49. The van der Waals surface area contributed by atoms with Crippen LogP contribution in [0.25, 0.3) is 0 Å². The molecule has 1 aliphatic heterocycles. The average molecular weight is 523 g/mol. The molecular weight excluding hydrogens is 468 g/mol.